The summed E-state index contributed by atoms with van der Waals surface area (Å²) in [4.78, 5) is 12.5. The summed E-state index contributed by atoms with van der Waals surface area (Å²) >= 11 is 7.31. The molecule has 0 spiro atoms. The third-order valence-corrected chi connectivity index (χ3v) is 3.72. The van der Waals surface area contributed by atoms with Gasteiger partial charge in [-0.1, -0.05) is 11.6 Å². The Hall–Kier alpha value is -0.710. The maximum Gasteiger partial charge on any atom is 0.237 e. The van der Waals surface area contributed by atoms with Crippen LogP contribution in [-0.4, -0.2) is 22.9 Å². The lowest BCUT2D eigenvalue weighted by atomic mass is 10.2. The Bertz CT molecular complexity index is 397. The van der Waals surface area contributed by atoms with E-state index in [2.05, 4.69) is 5.32 Å². The topological polar surface area (TPSA) is 49.3 Å². The lowest BCUT2D eigenvalue weighted by Crippen LogP contribution is -2.29. The maximum atomic E-state index is 11.6. The van der Waals surface area contributed by atoms with Crippen molar-refractivity contribution in [2.45, 2.75) is 16.6 Å². The van der Waals surface area contributed by atoms with Crippen molar-refractivity contribution in [3.05, 3.63) is 23.2 Å². The van der Waals surface area contributed by atoms with E-state index in [-0.39, 0.29) is 17.8 Å². The molecular formula is C10H10ClNO2S. The number of hydrogen-bond acceptors (Lipinski definition) is 3. The van der Waals surface area contributed by atoms with Crippen molar-refractivity contribution in [3.8, 4) is 0 Å². The zero-order valence-corrected chi connectivity index (χ0v) is 9.44. The minimum absolute atomic E-state index is 0.0149. The van der Waals surface area contributed by atoms with Gasteiger partial charge in [-0.25, -0.2) is 0 Å². The second-order valence-electron chi connectivity index (χ2n) is 3.25. The highest BCUT2D eigenvalue weighted by Gasteiger charge is 2.26. The molecule has 0 unspecified atom stereocenters. The van der Waals surface area contributed by atoms with Crippen LogP contribution in [0, 0.1) is 0 Å². The van der Waals surface area contributed by atoms with Crippen LogP contribution in [0.2, 0.25) is 5.02 Å². The third-order valence-electron chi connectivity index (χ3n) is 2.15. The van der Waals surface area contributed by atoms with E-state index in [1.54, 1.807) is 12.1 Å². The number of benzene rings is 1. The summed E-state index contributed by atoms with van der Waals surface area (Å²) in [5.41, 5.74) is 0.795. The fourth-order valence-corrected chi connectivity index (χ4v) is 2.80. The van der Waals surface area contributed by atoms with Crippen molar-refractivity contribution in [1.82, 2.24) is 0 Å². The van der Waals surface area contributed by atoms with Gasteiger partial charge in [0.2, 0.25) is 5.91 Å². The molecule has 0 aliphatic carbocycles. The van der Waals surface area contributed by atoms with Crippen LogP contribution < -0.4 is 5.32 Å². The molecule has 3 nitrogen and oxygen atoms in total. The highest BCUT2D eigenvalue weighted by molar-refractivity contribution is 8.01. The van der Waals surface area contributed by atoms with E-state index in [9.17, 15) is 4.79 Å². The molecule has 1 aliphatic heterocycles. The average molecular weight is 244 g/mol. The molecule has 1 atom stereocenters. The second-order valence-corrected chi connectivity index (χ2v) is 4.93. The summed E-state index contributed by atoms with van der Waals surface area (Å²) < 4.78 is 0. The molecule has 2 N–H and O–H groups in total. The Morgan fingerprint density at radius 3 is 3.07 bits per heavy atom. The summed E-state index contributed by atoms with van der Waals surface area (Å²) in [5.74, 6) is -0.0520. The number of rotatable bonds is 2. The monoisotopic (exact) mass is 243 g/mol. The lowest BCUT2D eigenvalue weighted by molar-refractivity contribution is -0.116. The van der Waals surface area contributed by atoms with Crippen molar-refractivity contribution in [3.63, 3.8) is 0 Å². The standard InChI is InChI=1S/C10H10ClNO2S/c11-6-1-2-7-9(5-6)15-8(3-4-13)10(14)12-7/h1-2,5,8,13H,3-4H2,(H,12,14)/t8-/m1/s1. The Kier molecular flexibility index (Phi) is 3.19. The normalized spacial score (nSPS) is 19.6. The fourth-order valence-electron chi connectivity index (χ4n) is 1.42. The first-order valence-electron chi connectivity index (χ1n) is 4.58. The number of halogens is 1. The van der Waals surface area contributed by atoms with Gasteiger partial charge >= 0.3 is 0 Å². The first kappa shape index (κ1) is 10.8. The first-order valence-corrected chi connectivity index (χ1v) is 5.84. The molecule has 1 aliphatic rings. The van der Waals surface area contributed by atoms with Crippen LogP contribution in [0.3, 0.4) is 0 Å². The Morgan fingerprint density at radius 1 is 1.53 bits per heavy atom. The third kappa shape index (κ3) is 2.27. The van der Waals surface area contributed by atoms with Gasteiger partial charge in [-0.05, 0) is 24.6 Å². The number of aliphatic hydroxyl groups is 1. The molecule has 15 heavy (non-hydrogen) atoms. The van der Waals surface area contributed by atoms with Gasteiger partial charge in [-0.2, -0.15) is 0 Å². The number of nitrogens with one attached hydrogen (secondary N) is 1. The summed E-state index contributed by atoms with van der Waals surface area (Å²) in [6.45, 7) is 0.0149. The quantitative estimate of drug-likeness (QED) is 0.837. The van der Waals surface area contributed by atoms with Crippen molar-refractivity contribution >= 4 is 35.0 Å². The molecule has 5 heteroatoms. The molecule has 2 rings (SSSR count). The van der Waals surface area contributed by atoms with Gasteiger partial charge in [0.15, 0.2) is 0 Å². The first-order chi connectivity index (χ1) is 7.20. The molecule has 0 bridgehead atoms. The molecule has 1 aromatic carbocycles. The SMILES string of the molecule is O=C1Nc2ccc(Cl)cc2S[C@@H]1CCO. The van der Waals surface area contributed by atoms with E-state index in [0.717, 1.165) is 10.6 Å². The van der Waals surface area contributed by atoms with Gasteiger partial charge < -0.3 is 10.4 Å². The van der Waals surface area contributed by atoms with E-state index in [0.29, 0.717) is 11.4 Å². The fraction of sp³-hybridized carbons (Fsp3) is 0.300. The minimum atomic E-state index is -0.221. The zero-order valence-electron chi connectivity index (χ0n) is 7.87. The van der Waals surface area contributed by atoms with Gasteiger partial charge in [0.25, 0.3) is 0 Å². The van der Waals surface area contributed by atoms with Gasteiger partial charge in [-0.15, -0.1) is 11.8 Å². The van der Waals surface area contributed by atoms with Crippen LogP contribution in [0.5, 0.6) is 0 Å². The van der Waals surface area contributed by atoms with Crippen LogP contribution in [0.25, 0.3) is 0 Å². The Morgan fingerprint density at radius 2 is 2.33 bits per heavy atom. The van der Waals surface area contributed by atoms with Crippen molar-refractivity contribution < 1.29 is 9.90 Å². The van der Waals surface area contributed by atoms with E-state index in [4.69, 9.17) is 16.7 Å². The van der Waals surface area contributed by atoms with Crippen LogP contribution in [0.4, 0.5) is 5.69 Å². The minimum Gasteiger partial charge on any atom is -0.396 e. The number of thioether (sulfide) groups is 1. The molecular weight excluding hydrogens is 234 g/mol. The molecule has 80 valence electrons. The van der Waals surface area contributed by atoms with Crippen LogP contribution in [-0.2, 0) is 4.79 Å². The van der Waals surface area contributed by atoms with Crippen LogP contribution in [0.15, 0.2) is 23.1 Å². The number of carbonyl (C=O) groups excluding carboxylic acids is 1. The number of carbonyl (C=O) groups is 1. The summed E-state index contributed by atoms with van der Waals surface area (Å²) in [5, 5.41) is 12.0. The highest BCUT2D eigenvalue weighted by atomic mass is 35.5. The molecule has 1 aromatic rings. The second kappa shape index (κ2) is 4.43. The summed E-state index contributed by atoms with van der Waals surface area (Å²) in [6.07, 6.45) is 0.461. The summed E-state index contributed by atoms with van der Waals surface area (Å²) in [7, 11) is 0. The molecule has 0 saturated carbocycles. The maximum absolute atomic E-state index is 11.6. The van der Waals surface area contributed by atoms with Crippen LogP contribution >= 0.6 is 23.4 Å². The Labute approximate surface area is 96.8 Å². The molecule has 1 heterocycles. The van der Waals surface area contributed by atoms with E-state index >= 15 is 0 Å². The number of anilines is 1. The molecule has 0 aromatic heterocycles. The van der Waals surface area contributed by atoms with Gasteiger partial charge in [0.05, 0.1) is 10.9 Å². The largest absolute Gasteiger partial charge is 0.396 e. The highest BCUT2D eigenvalue weighted by Crippen LogP contribution is 2.38. The van der Waals surface area contributed by atoms with Crippen molar-refractivity contribution in [1.29, 1.82) is 0 Å². The van der Waals surface area contributed by atoms with E-state index in [1.807, 2.05) is 6.07 Å². The molecule has 0 fully saturated rings. The van der Waals surface area contributed by atoms with Gasteiger partial charge in [0.1, 0.15) is 0 Å². The lowest BCUT2D eigenvalue weighted by Gasteiger charge is -2.23. The molecule has 0 radical (unpaired) electrons. The number of hydrogen-bond donors (Lipinski definition) is 2. The summed E-state index contributed by atoms with van der Waals surface area (Å²) in [6, 6.07) is 5.36. The number of fused-ring (bicyclic) bond motifs is 1. The predicted octanol–water partition coefficient (Wildman–Crippen LogP) is 2.14. The molecule has 1 amide bonds. The van der Waals surface area contributed by atoms with Crippen molar-refractivity contribution in [2.24, 2.45) is 0 Å². The van der Waals surface area contributed by atoms with Crippen LogP contribution in [0.1, 0.15) is 6.42 Å². The Balaban J connectivity index is 2.26. The number of amides is 1. The molecule has 0 saturated heterocycles. The number of aliphatic hydroxyl groups excluding tert-OH is 1. The van der Waals surface area contributed by atoms with E-state index < -0.39 is 0 Å². The van der Waals surface area contributed by atoms with Gasteiger partial charge in [0, 0.05) is 16.5 Å². The smallest absolute Gasteiger partial charge is 0.237 e. The van der Waals surface area contributed by atoms with E-state index in [1.165, 1.54) is 11.8 Å². The average Bonchev–Trinajstić information content (AvgIpc) is 2.20. The zero-order chi connectivity index (χ0) is 10.8. The predicted molar refractivity (Wildman–Crippen MR) is 61.4 cm³/mol. The van der Waals surface area contributed by atoms with Crippen molar-refractivity contribution in [2.75, 3.05) is 11.9 Å². The van der Waals surface area contributed by atoms with Gasteiger partial charge in [-0.3, -0.25) is 4.79 Å².